The zero-order valence-electron chi connectivity index (χ0n) is 11.3. The van der Waals surface area contributed by atoms with Gasteiger partial charge in [0.05, 0.1) is 5.71 Å². The Morgan fingerprint density at radius 2 is 2.42 bits per heavy atom. The summed E-state index contributed by atoms with van der Waals surface area (Å²) in [4.78, 5) is 21.1. The lowest BCUT2D eigenvalue weighted by atomic mass is 10.0. The molecule has 2 aliphatic rings. The summed E-state index contributed by atoms with van der Waals surface area (Å²) in [7, 11) is 0. The van der Waals surface area contributed by atoms with Gasteiger partial charge in [0.15, 0.2) is 0 Å². The Labute approximate surface area is 117 Å². The summed E-state index contributed by atoms with van der Waals surface area (Å²) in [6.07, 6.45) is 1.20. The normalized spacial score (nSPS) is 22.2. The molecule has 0 saturated carbocycles. The number of carbonyl (C=O) groups excluding carboxylic acids is 1. The van der Waals surface area contributed by atoms with Crippen LogP contribution in [0.25, 0.3) is 0 Å². The molecule has 0 saturated heterocycles. The molecule has 0 radical (unpaired) electrons. The SMILES string of the molecule is CC(C)C1=NOC(C(=O)N2CCc3sccc3C2)C1. The van der Waals surface area contributed by atoms with Crippen molar-refractivity contribution in [3.63, 3.8) is 0 Å². The Morgan fingerprint density at radius 1 is 1.58 bits per heavy atom. The molecule has 3 heterocycles. The standard InChI is InChI=1S/C14H18N2O2S/c1-9(2)11-7-12(18-15-11)14(17)16-5-3-13-10(8-16)4-6-19-13/h4,6,9,12H,3,5,7-8H2,1-2H3. The van der Waals surface area contributed by atoms with Crippen LogP contribution in [0.4, 0.5) is 0 Å². The lowest BCUT2D eigenvalue weighted by Crippen LogP contribution is -2.42. The maximum absolute atomic E-state index is 12.4. The molecule has 1 unspecified atom stereocenters. The number of fused-ring (bicyclic) bond motifs is 1. The molecule has 0 bridgehead atoms. The fourth-order valence-electron chi connectivity index (χ4n) is 2.51. The number of amides is 1. The van der Waals surface area contributed by atoms with Gasteiger partial charge in [0.1, 0.15) is 0 Å². The van der Waals surface area contributed by atoms with Crippen molar-refractivity contribution in [2.45, 2.75) is 39.3 Å². The first-order valence-electron chi connectivity index (χ1n) is 6.71. The Hall–Kier alpha value is -1.36. The highest BCUT2D eigenvalue weighted by Crippen LogP contribution is 2.26. The minimum Gasteiger partial charge on any atom is -0.382 e. The van der Waals surface area contributed by atoms with E-state index in [2.05, 4.69) is 30.4 Å². The average molecular weight is 278 g/mol. The monoisotopic (exact) mass is 278 g/mol. The molecule has 0 aromatic carbocycles. The highest BCUT2D eigenvalue weighted by Gasteiger charge is 2.34. The fraction of sp³-hybridized carbons (Fsp3) is 0.571. The van der Waals surface area contributed by atoms with E-state index >= 15 is 0 Å². The van der Waals surface area contributed by atoms with Gasteiger partial charge < -0.3 is 9.74 Å². The first kappa shape index (κ1) is 12.7. The molecule has 0 spiro atoms. The van der Waals surface area contributed by atoms with Gasteiger partial charge in [-0.1, -0.05) is 19.0 Å². The summed E-state index contributed by atoms with van der Waals surface area (Å²) >= 11 is 1.78. The van der Waals surface area contributed by atoms with E-state index in [1.807, 2.05) is 4.90 Å². The highest BCUT2D eigenvalue weighted by atomic mass is 32.1. The van der Waals surface area contributed by atoms with E-state index < -0.39 is 6.10 Å². The van der Waals surface area contributed by atoms with Crippen LogP contribution in [0.2, 0.25) is 0 Å². The number of hydrogen-bond acceptors (Lipinski definition) is 4. The van der Waals surface area contributed by atoms with E-state index in [1.165, 1.54) is 10.4 Å². The molecule has 102 valence electrons. The maximum atomic E-state index is 12.4. The minimum absolute atomic E-state index is 0.0799. The van der Waals surface area contributed by atoms with Crippen LogP contribution in [0.3, 0.4) is 0 Å². The third kappa shape index (κ3) is 2.39. The van der Waals surface area contributed by atoms with E-state index in [0.717, 1.165) is 18.7 Å². The molecular formula is C14H18N2O2S. The lowest BCUT2D eigenvalue weighted by molar-refractivity contribution is -0.143. The second-order valence-electron chi connectivity index (χ2n) is 5.41. The van der Waals surface area contributed by atoms with Crippen LogP contribution in [0.15, 0.2) is 16.6 Å². The summed E-state index contributed by atoms with van der Waals surface area (Å²) < 4.78 is 0. The quantitative estimate of drug-likeness (QED) is 0.834. The van der Waals surface area contributed by atoms with Gasteiger partial charge in [0, 0.05) is 24.4 Å². The van der Waals surface area contributed by atoms with Gasteiger partial charge in [0.2, 0.25) is 6.10 Å². The number of hydrogen-bond donors (Lipinski definition) is 0. The fourth-order valence-corrected chi connectivity index (χ4v) is 3.40. The molecule has 0 N–H and O–H groups in total. The van der Waals surface area contributed by atoms with E-state index in [-0.39, 0.29) is 5.91 Å². The first-order valence-corrected chi connectivity index (χ1v) is 7.59. The van der Waals surface area contributed by atoms with Gasteiger partial charge in [-0.3, -0.25) is 4.79 Å². The van der Waals surface area contributed by atoms with Gasteiger partial charge in [-0.05, 0) is 29.3 Å². The number of rotatable bonds is 2. The van der Waals surface area contributed by atoms with Crippen LogP contribution in [0.5, 0.6) is 0 Å². The van der Waals surface area contributed by atoms with E-state index in [0.29, 0.717) is 18.9 Å². The van der Waals surface area contributed by atoms with Gasteiger partial charge in [-0.15, -0.1) is 11.3 Å². The van der Waals surface area contributed by atoms with Crippen molar-refractivity contribution in [2.24, 2.45) is 11.1 Å². The summed E-state index contributed by atoms with van der Waals surface area (Å²) in [5, 5.41) is 6.14. The summed E-state index contributed by atoms with van der Waals surface area (Å²) in [6, 6.07) is 2.12. The highest BCUT2D eigenvalue weighted by molar-refractivity contribution is 7.10. The molecule has 1 amide bonds. The molecule has 2 aliphatic heterocycles. The molecule has 0 fully saturated rings. The van der Waals surface area contributed by atoms with Crippen molar-refractivity contribution in [3.05, 3.63) is 21.9 Å². The lowest BCUT2D eigenvalue weighted by Gasteiger charge is -2.28. The molecule has 1 aromatic rings. The van der Waals surface area contributed by atoms with Crippen LogP contribution in [0, 0.1) is 5.92 Å². The van der Waals surface area contributed by atoms with Gasteiger partial charge in [-0.2, -0.15) is 0 Å². The zero-order valence-corrected chi connectivity index (χ0v) is 12.1. The molecule has 1 atom stereocenters. The van der Waals surface area contributed by atoms with E-state index in [4.69, 9.17) is 4.84 Å². The minimum atomic E-state index is -0.405. The second-order valence-corrected chi connectivity index (χ2v) is 6.41. The maximum Gasteiger partial charge on any atom is 0.267 e. The Balaban J connectivity index is 1.64. The average Bonchev–Trinajstić information content (AvgIpc) is 3.06. The van der Waals surface area contributed by atoms with Crippen LogP contribution in [0.1, 0.15) is 30.7 Å². The number of nitrogens with zero attached hydrogens (tertiary/aromatic N) is 2. The number of oxime groups is 1. The topological polar surface area (TPSA) is 41.9 Å². The summed E-state index contributed by atoms with van der Waals surface area (Å²) in [5.41, 5.74) is 2.28. The molecule has 3 rings (SSSR count). The molecule has 0 aliphatic carbocycles. The van der Waals surface area contributed by atoms with Crippen molar-refractivity contribution in [2.75, 3.05) is 6.54 Å². The van der Waals surface area contributed by atoms with Crippen LogP contribution in [-0.4, -0.2) is 29.2 Å². The first-order chi connectivity index (χ1) is 9.15. The third-order valence-corrected chi connectivity index (χ3v) is 4.78. The van der Waals surface area contributed by atoms with Crippen LogP contribution < -0.4 is 0 Å². The predicted octanol–water partition coefficient (Wildman–Crippen LogP) is 2.43. The predicted molar refractivity (Wildman–Crippen MR) is 75.2 cm³/mol. The number of thiophene rings is 1. The molecular weight excluding hydrogens is 260 g/mol. The largest absolute Gasteiger partial charge is 0.382 e. The Kier molecular flexibility index (Phi) is 3.31. The third-order valence-electron chi connectivity index (χ3n) is 3.75. The van der Waals surface area contributed by atoms with E-state index in [9.17, 15) is 4.79 Å². The van der Waals surface area contributed by atoms with Crippen LogP contribution in [-0.2, 0) is 22.6 Å². The molecule has 5 heteroatoms. The van der Waals surface area contributed by atoms with Crippen molar-refractivity contribution in [1.82, 2.24) is 4.90 Å². The van der Waals surface area contributed by atoms with Gasteiger partial charge in [-0.25, -0.2) is 0 Å². The van der Waals surface area contributed by atoms with Gasteiger partial charge >= 0.3 is 0 Å². The smallest absolute Gasteiger partial charge is 0.267 e. The van der Waals surface area contributed by atoms with Crippen molar-refractivity contribution >= 4 is 23.0 Å². The van der Waals surface area contributed by atoms with Gasteiger partial charge in [0.25, 0.3) is 5.91 Å². The number of carbonyl (C=O) groups is 1. The Morgan fingerprint density at radius 3 is 3.16 bits per heavy atom. The Bertz CT molecular complexity index is 521. The molecule has 19 heavy (non-hydrogen) atoms. The molecule has 4 nitrogen and oxygen atoms in total. The van der Waals surface area contributed by atoms with E-state index in [1.54, 1.807) is 11.3 Å². The van der Waals surface area contributed by atoms with Crippen molar-refractivity contribution in [1.29, 1.82) is 0 Å². The van der Waals surface area contributed by atoms with Crippen molar-refractivity contribution < 1.29 is 9.63 Å². The summed E-state index contributed by atoms with van der Waals surface area (Å²) in [6.45, 7) is 5.67. The summed E-state index contributed by atoms with van der Waals surface area (Å²) in [5.74, 6) is 0.430. The molecule has 1 aromatic heterocycles. The second kappa shape index (κ2) is 4.96. The van der Waals surface area contributed by atoms with Crippen LogP contribution >= 0.6 is 11.3 Å². The zero-order chi connectivity index (χ0) is 13.4. The van der Waals surface area contributed by atoms with Crippen molar-refractivity contribution in [3.8, 4) is 0 Å².